The first kappa shape index (κ1) is 17.1. The average molecular weight is 428 g/mol. The molecule has 0 bridgehead atoms. The van der Waals surface area contributed by atoms with Gasteiger partial charge in [-0.25, -0.2) is 0 Å². The molecule has 0 saturated carbocycles. The summed E-state index contributed by atoms with van der Waals surface area (Å²) in [4.78, 5) is 0. The second kappa shape index (κ2) is 5.77. The van der Waals surface area contributed by atoms with Crippen LogP contribution in [0.25, 0.3) is 0 Å². The van der Waals surface area contributed by atoms with Gasteiger partial charge in [0.1, 0.15) is 0 Å². The van der Waals surface area contributed by atoms with Gasteiger partial charge in [-0.2, -0.15) is 22.0 Å². The minimum absolute atomic E-state index is 0.526. The standard InChI is InChI=1S/C15H10F5IO/c16-14(17,15(18,19)20)13(22,10-4-2-1-3-5-10)11-6-8-12(21)9-7-11/h1-9,22H. The van der Waals surface area contributed by atoms with Crippen molar-refractivity contribution < 1.29 is 27.1 Å². The molecule has 0 amide bonds. The van der Waals surface area contributed by atoms with Crippen LogP contribution in [0.5, 0.6) is 0 Å². The molecule has 0 aliphatic rings. The zero-order valence-electron chi connectivity index (χ0n) is 10.9. The van der Waals surface area contributed by atoms with E-state index in [0.717, 1.165) is 24.3 Å². The molecule has 0 radical (unpaired) electrons. The van der Waals surface area contributed by atoms with Crippen LogP contribution >= 0.6 is 22.6 Å². The molecule has 0 aliphatic carbocycles. The number of alkyl halides is 5. The van der Waals surface area contributed by atoms with Gasteiger partial charge in [-0.1, -0.05) is 42.5 Å². The second-order valence-electron chi connectivity index (χ2n) is 4.66. The summed E-state index contributed by atoms with van der Waals surface area (Å²) in [6, 6.07) is 11.0. The summed E-state index contributed by atoms with van der Waals surface area (Å²) in [5.41, 5.74) is -4.56. The van der Waals surface area contributed by atoms with E-state index in [0.29, 0.717) is 3.57 Å². The highest BCUT2D eigenvalue weighted by Crippen LogP contribution is 2.51. The number of rotatable bonds is 3. The molecule has 0 saturated heterocycles. The molecule has 0 heterocycles. The largest absolute Gasteiger partial charge is 0.457 e. The van der Waals surface area contributed by atoms with Crippen molar-refractivity contribution in [3.05, 3.63) is 69.3 Å². The lowest BCUT2D eigenvalue weighted by Gasteiger charge is -2.37. The van der Waals surface area contributed by atoms with Crippen LogP contribution in [0.1, 0.15) is 11.1 Å². The van der Waals surface area contributed by atoms with Crippen molar-refractivity contribution in [3.8, 4) is 0 Å². The lowest BCUT2D eigenvalue weighted by molar-refractivity contribution is -0.336. The molecule has 2 aromatic rings. The number of halogens is 6. The number of hydrogen-bond donors (Lipinski definition) is 1. The van der Waals surface area contributed by atoms with Crippen LogP contribution in [0.4, 0.5) is 22.0 Å². The Morgan fingerprint density at radius 1 is 0.727 bits per heavy atom. The minimum Gasteiger partial charge on any atom is -0.374 e. The second-order valence-corrected chi connectivity index (χ2v) is 5.90. The van der Waals surface area contributed by atoms with E-state index in [-0.39, 0.29) is 0 Å². The normalized spacial score (nSPS) is 15.4. The first-order chi connectivity index (χ1) is 10.1. The Hall–Kier alpha value is -1.22. The Kier molecular flexibility index (Phi) is 4.49. The summed E-state index contributed by atoms with van der Waals surface area (Å²) >= 11 is 1.89. The fourth-order valence-corrected chi connectivity index (χ4v) is 2.46. The molecule has 0 spiro atoms. The lowest BCUT2D eigenvalue weighted by atomic mass is 9.80. The van der Waals surface area contributed by atoms with Crippen molar-refractivity contribution in [2.24, 2.45) is 0 Å². The molecular weight excluding hydrogens is 418 g/mol. The van der Waals surface area contributed by atoms with E-state index in [1.54, 1.807) is 0 Å². The quantitative estimate of drug-likeness (QED) is 0.554. The van der Waals surface area contributed by atoms with Gasteiger partial charge < -0.3 is 5.11 Å². The van der Waals surface area contributed by atoms with Crippen LogP contribution < -0.4 is 0 Å². The molecule has 0 aliphatic heterocycles. The highest BCUT2D eigenvalue weighted by molar-refractivity contribution is 14.1. The molecule has 7 heteroatoms. The topological polar surface area (TPSA) is 20.2 Å². The maximum Gasteiger partial charge on any atom is 0.457 e. The van der Waals surface area contributed by atoms with E-state index < -0.39 is 28.8 Å². The summed E-state index contributed by atoms with van der Waals surface area (Å²) in [5.74, 6) is -5.35. The molecule has 2 aromatic carbocycles. The molecule has 1 unspecified atom stereocenters. The van der Waals surface area contributed by atoms with Gasteiger partial charge in [-0.05, 0) is 45.9 Å². The van der Waals surface area contributed by atoms with Gasteiger partial charge in [0.15, 0.2) is 5.60 Å². The van der Waals surface area contributed by atoms with E-state index in [9.17, 15) is 27.1 Å². The van der Waals surface area contributed by atoms with Crippen molar-refractivity contribution >= 4 is 22.6 Å². The highest BCUT2D eigenvalue weighted by atomic mass is 127. The van der Waals surface area contributed by atoms with Crippen molar-refractivity contribution in [1.82, 2.24) is 0 Å². The minimum atomic E-state index is -5.90. The molecule has 22 heavy (non-hydrogen) atoms. The summed E-state index contributed by atoms with van der Waals surface area (Å²) < 4.78 is 67.4. The van der Waals surface area contributed by atoms with Crippen LogP contribution in [0.15, 0.2) is 54.6 Å². The van der Waals surface area contributed by atoms with E-state index in [1.807, 2.05) is 22.6 Å². The van der Waals surface area contributed by atoms with E-state index in [2.05, 4.69) is 0 Å². The van der Waals surface area contributed by atoms with Crippen LogP contribution in [0.2, 0.25) is 0 Å². The predicted molar refractivity (Wildman–Crippen MR) is 79.6 cm³/mol. The summed E-state index contributed by atoms with van der Waals surface area (Å²) in [7, 11) is 0. The molecule has 1 atom stereocenters. The Balaban J connectivity index is 2.73. The first-order valence-corrected chi connectivity index (χ1v) is 7.17. The Labute approximate surface area is 136 Å². The van der Waals surface area contributed by atoms with Crippen LogP contribution in [-0.4, -0.2) is 17.2 Å². The van der Waals surface area contributed by atoms with Crippen LogP contribution in [0.3, 0.4) is 0 Å². The maximum absolute atomic E-state index is 14.1. The summed E-state index contributed by atoms with van der Waals surface area (Å²) in [5, 5.41) is 10.4. The maximum atomic E-state index is 14.1. The Morgan fingerprint density at radius 2 is 1.18 bits per heavy atom. The molecular formula is C15H10F5IO. The molecule has 118 valence electrons. The third-order valence-corrected chi connectivity index (χ3v) is 3.98. The summed E-state index contributed by atoms with van der Waals surface area (Å²) in [6.45, 7) is 0. The highest BCUT2D eigenvalue weighted by Gasteiger charge is 2.71. The van der Waals surface area contributed by atoms with Crippen molar-refractivity contribution in [3.63, 3.8) is 0 Å². The molecule has 1 nitrogen and oxygen atoms in total. The number of benzene rings is 2. The zero-order chi connectivity index (χ0) is 16.6. The smallest absolute Gasteiger partial charge is 0.374 e. The molecule has 2 rings (SSSR count). The molecule has 0 fully saturated rings. The summed E-state index contributed by atoms with van der Waals surface area (Å²) in [6.07, 6.45) is -5.90. The van der Waals surface area contributed by atoms with E-state index in [1.165, 1.54) is 30.3 Å². The van der Waals surface area contributed by atoms with Gasteiger partial charge in [-0.3, -0.25) is 0 Å². The van der Waals surface area contributed by atoms with E-state index in [4.69, 9.17) is 0 Å². The number of hydrogen-bond acceptors (Lipinski definition) is 1. The Morgan fingerprint density at radius 3 is 1.64 bits per heavy atom. The van der Waals surface area contributed by atoms with Crippen LogP contribution in [-0.2, 0) is 5.60 Å². The monoisotopic (exact) mass is 428 g/mol. The average Bonchev–Trinajstić information content (AvgIpc) is 2.46. The third-order valence-electron chi connectivity index (χ3n) is 3.26. The van der Waals surface area contributed by atoms with Gasteiger partial charge in [0, 0.05) is 3.57 Å². The molecule has 1 N–H and O–H groups in total. The van der Waals surface area contributed by atoms with Gasteiger partial charge in [0.05, 0.1) is 0 Å². The predicted octanol–water partition coefficient (Wildman–Crippen LogP) is 4.72. The van der Waals surface area contributed by atoms with Gasteiger partial charge in [0.25, 0.3) is 0 Å². The van der Waals surface area contributed by atoms with Crippen LogP contribution in [0, 0.1) is 3.57 Å². The zero-order valence-corrected chi connectivity index (χ0v) is 13.1. The third kappa shape index (κ3) is 2.71. The molecule has 0 aromatic heterocycles. The number of aliphatic hydroxyl groups is 1. The van der Waals surface area contributed by atoms with Crippen molar-refractivity contribution in [2.45, 2.75) is 17.7 Å². The fraction of sp³-hybridized carbons (Fsp3) is 0.200. The van der Waals surface area contributed by atoms with Gasteiger partial charge in [-0.15, -0.1) is 0 Å². The fourth-order valence-electron chi connectivity index (χ4n) is 2.10. The first-order valence-electron chi connectivity index (χ1n) is 6.09. The van der Waals surface area contributed by atoms with Crippen molar-refractivity contribution in [1.29, 1.82) is 0 Å². The van der Waals surface area contributed by atoms with E-state index >= 15 is 0 Å². The van der Waals surface area contributed by atoms with Crippen molar-refractivity contribution in [2.75, 3.05) is 0 Å². The van der Waals surface area contributed by atoms with Gasteiger partial charge >= 0.3 is 12.1 Å². The Bertz CT molecular complexity index is 639. The SMILES string of the molecule is OC(c1ccccc1)(c1ccc(I)cc1)C(F)(F)C(F)(F)F. The lowest BCUT2D eigenvalue weighted by Crippen LogP contribution is -2.55. The van der Waals surface area contributed by atoms with Gasteiger partial charge in [0.2, 0.25) is 0 Å².